The van der Waals surface area contributed by atoms with Crippen LogP contribution in [0.1, 0.15) is 35.2 Å². The molecule has 2 aliphatic rings. The van der Waals surface area contributed by atoms with E-state index in [1.54, 1.807) is 6.07 Å². The Kier molecular flexibility index (Phi) is 5.64. The lowest BCUT2D eigenvalue weighted by Crippen LogP contribution is -2.19. The summed E-state index contributed by atoms with van der Waals surface area (Å²) < 4.78 is 24.2. The molecule has 8 heteroatoms. The highest BCUT2D eigenvalue weighted by atomic mass is 35.5. The fraction of sp³-hybridized carbons (Fsp3) is 0.238. The number of hydrogen-bond donors (Lipinski definition) is 0. The smallest absolute Gasteiger partial charge is 0.198 e. The number of hydrogen-bond acceptors (Lipinski definition) is 5. The molecule has 0 spiro atoms. The van der Waals surface area contributed by atoms with Crippen LogP contribution < -0.4 is 0 Å². The predicted octanol–water partition coefficient (Wildman–Crippen LogP) is 5.31. The van der Waals surface area contributed by atoms with Crippen LogP contribution >= 0.6 is 35.0 Å². The van der Waals surface area contributed by atoms with E-state index in [1.807, 2.05) is 18.2 Å². The molecule has 1 aliphatic carbocycles. The van der Waals surface area contributed by atoms with Crippen molar-refractivity contribution in [3.8, 4) is 0 Å². The lowest BCUT2D eigenvalue weighted by Gasteiger charge is -2.19. The Bertz CT molecular complexity index is 1180. The van der Waals surface area contributed by atoms with Gasteiger partial charge in [-0.25, -0.2) is 8.42 Å². The van der Waals surface area contributed by atoms with Gasteiger partial charge in [-0.2, -0.15) is 0 Å². The number of ketones is 2. The average molecular weight is 467 g/mol. The number of thioether (sulfide) groups is 1. The van der Waals surface area contributed by atoms with Crippen LogP contribution in [0.2, 0.25) is 10.0 Å². The minimum Gasteiger partial charge on any atom is -0.294 e. The number of allylic oxidation sites excluding steroid dienone is 2. The van der Waals surface area contributed by atoms with Crippen molar-refractivity contribution in [3.63, 3.8) is 0 Å². The second-order valence-corrected chi connectivity index (χ2v) is 10.9. The van der Waals surface area contributed by atoms with Gasteiger partial charge in [-0.1, -0.05) is 47.1 Å². The first-order valence-electron chi connectivity index (χ1n) is 9.07. The molecule has 0 N–H and O–H groups in total. The lowest BCUT2D eigenvalue weighted by molar-refractivity contribution is -0.115. The Hall–Kier alpha value is -1.60. The van der Waals surface area contributed by atoms with Crippen molar-refractivity contribution in [1.29, 1.82) is 0 Å². The van der Waals surface area contributed by atoms with Gasteiger partial charge in [0, 0.05) is 21.8 Å². The summed E-state index contributed by atoms with van der Waals surface area (Å²) in [5.74, 6) is -0.698. The van der Waals surface area contributed by atoms with Crippen LogP contribution in [-0.2, 0) is 21.1 Å². The van der Waals surface area contributed by atoms with Crippen LogP contribution in [0.3, 0.4) is 0 Å². The molecule has 0 radical (unpaired) electrons. The highest BCUT2D eigenvalue weighted by molar-refractivity contribution is 8.03. The highest BCUT2D eigenvalue weighted by Gasteiger charge is 2.33. The minimum atomic E-state index is -3.36. The summed E-state index contributed by atoms with van der Waals surface area (Å²) in [6.45, 7) is 0. The first-order valence-corrected chi connectivity index (χ1v) is 12.3. The van der Waals surface area contributed by atoms with E-state index in [1.165, 1.54) is 23.9 Å². The molecular formula is C21H16Cl2O4S2. The number of carbonyl (C=O) groups excluding carboxylic acids is 2. The number of carbonyl (C=O) groups is 2. The first kappa shape index (κ1) is 20.7. The predicted molar refractivity (Wildman–Crippen MR) is 115 cm³/mol. The topological polar surface area (TPSA) is 68.3 Å². The molecule has 4 nitrogen and oxygen atoms in total. The Labute approximate surface area is 183 Å². The fourth-order valence-corrected chi connectivity index (χ4v) is 6.95. The van der Waals surface area contributed by atoms with Crippen molar-refractivity contribution in [1.82, 2.24) is 0 Å². The first-order chi connectivity index (χ1) is 13.8. The Morgan fingerprint density at radius 3 is 2.52 bits per heavy atom. The molecule has 0 unspecified atom stereocenters. The largest absolute Gasteiger partial charge is 0.294 e. The van der Waals surface area contributed by atoms with Crippen LogP contribution in [0.5, 0.6) is 0 Å². The van der Waals surface area contributed by atoms with Gasteiger partial charge >= 0.3 is 0 Å². The molecular weight excluding hydrogens is 451 g/mol. The third kappa shape index (κ3) is 3.79. The molecule has 29 heavy (non-hydrogen) atoms. The van der Waals surface area contributed by atoms with Crippen molar-refractivity contribution < 1.29 is 18.0 Å². The van der Waals surface area contributed by atoms with Gasteiger partial charge in [0.15, 0.2) is 21.4 Å². The van der Waals surface area contributed by atoms with Crippen LogP contribution in [0.15, 0.2) is 56.7 Å². The second kappa shape index (κ2) is 7.91. The van der Waals surface area contributed by atoms with E-state index in [2.05, 4.69) is 0 Å². The van der Waals surface area contributed by atoms with Crippen molar-refractivity contribution >= 4 is 56.4 Å². The standard InChI is InChI=1S/C21H16Cl2O4S2/c22-14-4-1-2-6-16(14)28-17-7-3-5-15(24)19(17)21(25)13-8-9-18-12(20(13)23)10-11-29(18,26)27/h1-2,4,6,8-9H,3,5,7,10-11H2. The van der Waals surface area contributed by atoms with Gasteiger partial charge in [-0.3, -0.25) is 9.59 Å². The molecule has 0 amide bonds. The van der Waals surface area contributed by atoms with Gasteiger partial charge in [0.1, 0.15) is 0 Å². The zero-order valence-corrected chi connectivity index (χ0v) is 18.3. The zero-order valence-electron chi connectivity index (χ0n) is 15.2. The third-order valence-electron chi connectivity index (χ3n) is 5.06. The summed E-state index contributed by atoms with van der Waals surface area (Å²) in [6.07, 6.45) is 1.83. The van der Waals surface area contributed by atoms with Crippen molar-refractivity contribution in [3.05, 3.63) is 68.0 Å². The molecule has 4 rings (SSSR count). The summed E-state index contributed by atoms with van der Waals surface area (Å²) in [5.41, 5.74) is 0.760. The van der Waals surface area contributed by atoms with Crippen LogP contribution in [0.4, 0.5) is 0 Å². The van der Waals surface area contributed by atoms with E-state index < -0.39 is 15.6 Å². The van der Waals surface area contributed by atoms with Crippen LogP contribution in [-0.4, -0.2) is 25.7 Å². The molecule has 0 saturated heterocycles. The van der Waals surface area contributed by atoms with E-state index >= 15 is 0 Å². The SMILES string of the molecule is O=C1CCCC(Sc2ccccc2Cl)=C1C(=O)c1ccc2c(c1Cl)CCS2(=O)=O. The number of rotatable bonds is 4. The van der Waals surface area contributed by atoms with Gasteiger partial charge < -0.3 is 0 Å². The second-order valence-electron chi connectivity index (χ2n) is 6.91. The minimum absolute atomic E-state index is 0.0189. The molecule has 2 aromatic carbocycles. The third-order valence-corrected chi connectivity index (χ3v) is 8.96. The molecule has 0 saturated carbocycles. The van der Waals surface area contributed by atoms with E-state index in [0.29, 0.717) is 34.8 Å². The van der Waals surface area contributed by atoms with Gasteiger partial charge in [0.05, 0.1) is 26.3 Å². The van der Waals surface area contributed by atoms with E-state index in [4.69, 9.17) is 23.2 Å². The number of benzene rings is 2. The monoisotopic (exact) mass is 466 g/mol. The maximum Gasteiger partial charge on any atom is 0.198 e. The zero-order chi connectivity index (χ0) is 20.8. The number of halogens is 2. The van der Waals surface area contributed by atoms with Gasteiger partial charge in [0.2, 0.25) is 0 Å². The Morgan fingerprint density at radius 2 is 1.76 bits per heavy atom. The van der Waals surface area contributed by atoms with Crippen molar-refractivity contribution in [2.45, 2.75) is 35.5 Å². The van der Waals surface area contributed by atoms with Gasteiger partial charge in [0.25, 0.3) is 0 Å². The summed E-state index contributed by atoms with van der Waals surface area (Å²) in [4.78, 5) is 27.6. The number of fused-ring (bicyclic) bond motifs is 1. The summed E-state index contributed by atoms with van der Waals surface area (Å²) in [6, 6.07) is 10.1. The Morgan fingerprint density at radius 1 is 1.00 bits per heavy atom. The van der Waals surface area contributed by atoms with Gasteiger partial charge in [-0.05, 0) is 49.1 Å². The molecule has 0 fully saturated rings. The molecule has 0 aromatic heterocycles. The average Bonchev–Trinajstić information content (AvgIpc) is 2.99. The van der Waals surface area contributed by atoms with Gasteiger partial charge in [-0.15, -0.1) is 0 Å². The fourth-order valence-electron chi connectivity index (χ4n) is 3.61. The number of Topliss-reactive ketones (excluding diaryl/α,β-unsaturated/α-hetero) is 2. The van der Waals surface area contributed by atoms with Crippen molar-refractivity contribution in [2.75, 3.05) is 5.75 Å². The maximum absolute atomic E-state index is 13.3. The van der Waals surface area contributed by atoms with E-state index in [-0.39, 0.29) is 39.0 Å². The summed E-state index contributed by atoms with van der Waals surface area (Å²) in [5, 5.41) is 0.678. The molecule has 1 heterocycles. The Balaban J connectivity index is 1.79. The van der Waals surface area contributed by atoms with E-state index in [0.717, 1.165) is 4.90 Å². The molecule has 0 atom stereocenters. The van der Waals surface area contributed by atoms with Crippen molar-refractivity contribution in [2.24, 2.45) is 0 Å². The maximum atomic E-state index is 13.3. The van der Waals surface area contributed by atoms with Crippen LogP contribution in [0.25, 0.3) is 0 Å². The summed E-state index contributed by atoms with van der Waals surface area (Å²) in [7, 11) is -3.36. The normalized spacial score (nSPS) is 18.1. The molecule has 150 valence electrons. The van der Waals surface area contributed by atoms with Crippen LogP contribution in [0, 0.1) is 0 Å². The molecule has 2 aromatic rings. The quantitative estimate of drug-likeness (QED) is 0.451. The lowest BCUT2D eigenvalue weighted by atomic mass is 9.91. The summed E-state index contributed by atoms with van der Waals surface area (Å²) >= 11 is 14.0. The molecule has 1 aliphatic heterocycles. The molecule has 0 bridgehead atoms. The van der Waals surface area contributed by atoms with E-state index in [9.17, 15) is 18.0 Å². The highest BCUT2D eigenvalue weighted by Crippen LogP contribution is 2.41. The number of sulfone groups is 1.